The van der Waals surface area contributed by atoms with Crippen LogP contribution in [0.15, 0.2) is 4.99 Å². The van der Waals surface area contributed by atoms with Crippen LogP contribution in [-0.2, 0) is 0 Å². The van der Waals surface area contributed by atoms with E-state index in [1.807, 2.05) is 11.8 Å². The second-order valence-electron chi connectivity index (χ2n) is 4.79. The van der Waals surface area contributed by atoms with E-state index < -0.39 is 0 Å². The summed E-state index contributed by atoms with van der Waals surface area (Å²) in [6.45, 7) is 5.54. The van der Waals surface area contributed by atoms with Gasteiger partial charge in [0.1, 0.15) is 0 Å². The van der Waals surface area contributed by atoms with Crippen LogP contribution in [0.2, 0.25) is 0 Å². The maximum Gasteiger partial charge on any atom is 0.156 e. The van der Waals surface area contributed by atoms with Gasteiger partial charge in [-0.15, -0.1) is 0 Å². The minimum absolute atomic E-state index is 0.684. The van der Waals surface area contributed by atoms with Crippen LogP contribution in [0.4, 0.5) is 0 Å². The molecule has 3 atom stereocenters. The van der Waals surface area contributed by atoms with Gasteiger partial charge in [0.2, 0.25) is 0 Å². The number of hydrogen-bond acceptors (Lipinski definition) is 4. The summed E-state index contributed by atoms with van der Waals surface area (Å²) in [5, 5.41) is 5.71. The number of thioether (sulfide) groups is 2. The Bertz CT molecular complexity index is 255. The summed E-state index contributed by atoms with van der Waals surface area (Å²) in [5.41, 5.74) is 0. The number of hydrogen-bond donors (Lipinski definition) is 1. The molecule has 0 spiro atoms. The highest BCUT2D eigenvalue weighted by molar-refractivity contribution is 8.13. The molecule has 4 heteroatoms. The standard InChI is InChI=1S/C12H22N2S2/c1-3-15-11-5-4-10(6-11)14-12-13-7-9(2)8-16-12/h9-11H,3-8H2,1-2H3,(H,13,14). The fraction of sp³-hybridized carbons (Fsp3) is 0.917. The molecule has 0 aromatic heterocycles. The summed E-state index contributed by atoms with van der Waals surface area (Å²) in [6.07, 6.45) is 4.03. The Labute approximate surface area is 107 Å². The van der Waals surface area contributed by atoms with Gasteiger partial charge < -0.3 is 5.32 Å². The molecule has 1 fully saturated rings. The molecule has 0 bridgehead atoms. The SMILES string of the molecule is CCSC1CCC(NC2=NCC(C)CS2)C1. The molecule has 0 amide bonds. The summed E-state index contributed by atoms with van der Waals surface area (Å²) in [5.74, 6) is 3.23. The first-order chi connectivity index (χ1) is 7.78. The third-order valence-corrected chi connectivity index (χ3v) is 5.65. The van der Waals surface area contributed by atoms with Crippen LogP contribution in [0.5, 0.6) is 0 Å². The molecule has 0 saturated heterocycles. The van der Waals surface area contributed by atoms with Crippen LogP contribution >= 0.6 is 23.5 Å². The van der Waals surface area contributed by atoms with Crippen LogP contribution in [0, 0.1) is 5.92 Å². The van der Waals surface area contributed by atoms with E-state index in [1.54, 1.807) is 0 Å². The molecule has 92 valence electrons. The quantitative estimate of drug-likeness (QED) is 0.842. The Kier molecular flexibility index (Phi) is 4.89. The second-order valence-corrected chi connectivity index (χ2v) is 7.38. The number of nitrogens with zero attached hydrogens (tertiary/aromatic N) is 1. The van der Waals surface area contributed by atoms with Gasteiger partial charge in [-0.25, -0.2) is 0 Å². The van der Waals surface area contributed by atoms with Crippen molar-refractivity contribution in [3.8, 4) is 0 Å². The van der Waals surface area contributed by atoms with Crippen molar-refractivity contribution < 1.29 is 0 Å². The van der Waals surface area contributed by atoms with Crippen molar-refractivity contribution in [2.24, 2.45) is 10.9 Å². The first-order valence-electron chi connectivity index (χ1n) is 6.33. The third kappa shape index (κ3) is 3.59. The van der Waals surface area contributed by atoms with Gasteiger partial charge in [-0.1, -0.05) is 25.6 Å². The minimum Gasteiger partial charge on any atom is -0.362 e. The van der Waals surface area contributed by atoms with Gasteiger partial charge in [-0.3, -0.25) is 4.99 Å². The van der Waals surface area contributed by atoms with E-state index in [-0.39, 0.29) is 0 Å². The van der Waals surface area contributed by atoms with Crippen molar-refractivity contribution in [2.75, 3.05) is 18.1 Å². The van der Waals surface area contributed by atoms with Crippen molar-refractivity contribution in [1.82, 2.24) is 5.32 Å². The topological polar surface area (TPSA) is 24.4 Å². The lowest BCUT2D eigenvalue weighted by Gasteiger charge is -2.21. The summed E-state index contributed by atoms with van der Waals surface area (Å²) in [6, 6.07) is 0.684. The number of nitrogens with one attached hydrogen (secondary N) is 1. The Morgan fingerprint density at radius 1 is 1.50 bits per heavy atom. The average Bonchev–Trinajstić information content (AvgIpc) is 2.70. The van der Waals surface area contributed by atoms with E-state index in [0.717, 1.165) is 17.7 Å². The molecule has 1 N–H and O–H groups in total. The minimum atomic E-state index is 0.684. The predicted molar refractivity (Wildman–Crippen MR) is 76.6 cm³/mol. The fourth-order valence-corrected chi connectivity index (χ4v) is 4.38. The van der Waals surface area contributed by atoms with E-state index >= 15 is 0 Å². The summed E-state index contributed by atoms with van der Waals surface area (Å²) < 4.78 is 0. The van der Waals surface area contributed by atoms with E-state index in [4.69, 9.17) is 0 Å². The molecule has 16 heavy (non-hydrogen) atoms. The molecule has 2 nitrogen and oxygen atoms in total. The van der Waals surface area contributed by atoms with Gasteiger partial charge in [0, 0.05) is 23.6 Å². The average molecular weight is 258 g/mol. The van der Waals surface area contributed by atoms with Crippen molar-refractivity contribution in [3.63, 3.8) is 0 Å². The molecule has 2 rings (SSSR count). The zero-order valence-electron chi connectivity index (χ0n) is 10.2. The van der Waals surface area contributed by atoms with E-state index in [0.29, 0.717) is 6.04 Å². The molecule has 1 aliphatic carbocycles. The van der Waals surface area contributed by atoms with E-state index in [1.165, 1.54) is 35.9 Å². The Morgan fingerprint density at radius 2 is 2.38 bits per heavy atom. The van der Waals surface area contributed by atoms with Gasteiger partial charge in [-0.2, -0.15) is 11.8 Å². The van der Waals surface area contributed by atoms with Gasteiger partial charge in [-0.05, 0) is 30.9 Å². The van der Waals surface area contributed by atoms with Crippen molar-refractivity contribution in [1.29, 1.82) is 0 Å². The molecule has 0 aromatic rings. The monoisotopic (exact) mass is 258 g/mol. The van der Waals surface area contributed by atoms with Crippen LogP contribution in [0.1, 0.15) is 33.1 Å². The molecular weight excluding hydrogens is 236 g/mol. The van der Waals surface area contributed by atoms with Crippen LogP contribution in [-0.4, -0.2) is 34.5 Å². The maximum atomic E-state index is 4.61. The van der Waals surface area contributed by atoms with Gasteiger partial charge in [0.15, 0.2) is 5.17 Å². The summed E-state index contributed by atoms with van der Waals surface area (Å²) in [7, 11) is 0. The van der Waals surface area contributed by atoms with Crippen molar-refractivity contribution in [2.45, 2.75) is 44.4 Å². The normalized spacial score (nSPS) is 34.9. The second kappa shape index (κ2) is 6.20. The number of amidine groups is 1. The summed E-state index contributed by atoms with van der Waals surface area (Å²) in [4.78, 5) is 4.61. The predicted octanol–water partition coefficient (Wildman–Crippen LogP) is 2.99. The molecule has 0 radical (unpaired) electrons. The van der Waals surface area contributed by atoms with Crippen molar-refractivity contribution >= 4 is 28.7 Å². The molecule has 1 aliphatic heterocycles. The highest BCUT2D eigenvalue weighted by Crippen LogP contribution is 2.30. The lowest BCUT2D eigenvalue weighted by Crippen LogP contribution is -2.34. The van der Waals surface area contributed by atoms with Gasteiger partial charge in [0.25, 0.3) is 0 Å². The van der Waals surface area contributed by atoms with Crippen LogP contribution < -0.4 is 5.32 Å². The van der Waals surface area contributed by atoms with E-state index in [9.17, 15) is 0 Å². The Hall–Kier alpha value is 0.170. The molecule has 3 unspecified atom stereocenters. The fourth-order valence-electron chi connectivity index (χ4n) is 2.28. The smallest absolute Gasteiger partial charge is 0.156 e. The third-order valence-electron chi connectivity index (χ3n) is 3.17. The lowest BCUT2D eigenvalue weighted by molar-refractivity contribution is 0.622. The largest absolute Gasteiger partial charge is 0.362 e. The molecule has 0 aromatic carbocycles. The molecule has 2 aliphatic rings. The maximum absolute atomic E-state index is 4.61. The first kappa shape index (κ1) is 12.6. The molecule has 1 saturated carbocycles. The zero-order valence-corrected chi connectivity index (χ0v) is 11.9. The van der Waals surface area contributed by atoms with Crippen LogP contribution in [0.3, 0.4) is 0 Å². The number of aliphatic imine (C=N–C) groups is 1. The molecular formula is C12H22N2S2. The summed E-state index contributed by atoms with van der Waals surface area (Å²) >= 11 is 4.02. The Balaban J connectivity index is 1.74. The highest BCUT2D eigenvalue weighted by atomic mass is 32.2. The van der Waals surface area contributed by atoms with Gasteiger partial charge in [0.05, 0.1) is 0 Å². The van der Waals surface area contributed by atoms with Gasteiger partial charge >= 0.3 is 0 Å². The zero-order chi connectivity index (χ0) is 11.4. The Morgan fingerprint density at radius 3 is 3.06 bits per heavy atom. The van der Waals surface area contributed by atoms with Crippen LogP contribution in [0.25, 0.3) is 0 Å². The first-order valence-corrected chi connectivity index (χ1v) is 8.36. The van der Waals surface area contributed by atoms with Crippen molar-refractivity contribution in [3.05, 3.63) is 0 Å². The molecule has 1 heterocycles. The highest BCUT2D eigenvalue weighted by Gasteiger charge is 2.25. The lowest BCUT2D eigenvalue weighted by atomic mass is 10.2. The van der Waals surface area contributed by atoms with E-state index in [2.05, 4.69) is 35.9 Å². The number of rotatable bonds is 3.